The second-order valence-corrected chi connectivity index (χ2v) is 4.43. The molecule has 2 amide bonds. The van der Waals surface area contributed by atoms with E-state index in [9.17, 15) is 18.4 Å². The smallest absolute Gasteiger partial charge is 0.255 e. The standard InChI is InChI=1S/C13H15ClF2N2O2/c1-3-17-12(19)7-18(4-2)13(20)8-5-10(15)11(16)6-9(8)14/h5-6H,3-4,7H2,1-2H3,(H,17,19). The highest BCUT2D eigenvalue weighted by Gasteiger charge is 2.21. The first-order chi connectivity index (χ1) is 9.40. The van der Waals surface area contributed by atoms with Crippen molar-refractivity contribution in [3.8, 4) is 0 Å². The van der Waals surface area contributed by atoms with Gasteiger partial charge in [0.1, 0.15) is 0 Å². The Hall–Kier alpha value is -1.69. The average molecular weight is 305 g/mol. The molecule has 1 rings (SSSR count). The van der Waals surface area contributed by atoms with Gasteiger partial charge in [0.15, 0.2) is 11.6 Å². The molecule has 4 nitrogen and oxygen atoms in total. The van der Waals surface area contributed by atoms with E-state index in [0.717, 1.165) is 12.1 Å². The van der Waals surface area contributed by atoms with E-state index in [2.05, 4.69) is 5.32 Å². The number of benzene rings is 1. The Morgan fingerprint density at radius 1 is 1.25 bits per heavy atom. The Morgan fingerprint density at radius 2 is 1.85 bits per heavy atom. The van der Waals surface area contributed by atoms with E-state index < -0.39 is 17.5 Å². The van der Waals surface area contributed by atoms with Gasteiger partial charge in [0, 0.05) is 13.1 Å². The maximum atomic E-state index is 13.2. The van der Waals surface area contributed by atoms with Crippen LogP contribution in [0.25, 0.3) is 0 Å². The second-order valence-electron chi connectivity index (χ2n) is 4.02. The number of likely N-dealkylation sites (N-methyl/N-ethyl adjacent to an activating group) is 2. The highest BCUT2D eigenvalue weighted by Crippen LogP contribution is 2.21. The first-order valence-corrected chi connectivity index (χ1v) is 6.49. The van der Waals surface area contributed by atoms with Crippen LogP contribution in [0.3, 0.4) is 0 Å². The fraction of sp³-hybridized carbons (Fsp3) is 0.385. The minimum Gasteiger partial charge on any atom is -0.355 e. The van der Waals surface area contributed by atoms with E-state index in [0.29, 0.717) is 6.54 Å². The van der Waals surface area contributed by atoms with E-state index >= 15 is 0 Å². The molecule has 1 aromatic rings. The number of halogens is 3. The van der Waals surface area contributed by atoms with E-state index in [1.165, 1.54) is 4.90 Å². The molecule has 20 heavy (non-hydrogen) atoms. The molecule has 0 bridgehead atoms. The molecule has 0 saturated carbocycles. The van der Waals surface area contributed by atoms with Gasteiger partial charge in [-0.1, -0.05) is 11.6 Å². The summed E-state index contributed by atoms with van der Waals surface area (Å²) in [6, 6.07) is 1.48. The van der Waals surface area contributed by atoms with Gasteiger partial charge in [-0.05, 0) is 26.0 Å². The van der Waals surface area contributed by atoms with Gasteiger partial charge in [-0.3, -0.25) is 9.59 Å². The molecule has 110 valence electrons. The molecule has 0 heterocycles. The summed E-state index contributed by atoms with van der Waals surface area (Å²) in [5.41, 5.74) is -0.170. The fourth-order valence-electron chi connectivity index (χ4n) is 1.61. The zero-order valence-corrected chi connectivity index (χ0v) is 11.9. The van der Waals surface area contributed by atoms with Crippen molar-refractivity contribution < 1.29 is 18.4 Å². The van der Waals surface area contributed by atoms with E-state index in [1.54, 1.807) is 13.8 Å². The van der Waals surface area contributed by atoms with Crippen LogP contribution < -0.4 is 5.32 Å². The molecule has 0 aliphatic carbocycles. The van der Waals surface area contributed by atoms with Crippen LogP contribution in [-0.2, 0) is 4.79 Å². The van der Waals surface area contributed by atoms with Gasteiger partial charge in [-0.2, -0.15) is 0 Å². The number of hydrogen-bond acceptors (Lipinski definition) is 2. The van der Waals surface area contributed by atoms with Crippen molar-refractivity contribution in [3.63, 3.8) is 0 Å². The number of nitrogens with zero attached hydrogens (tertiary/aromatic N) is 1. The minimum atomic E-state index is -1.16. The van der Waals surface area contributed by atoms with Crippen LogP contribution in [0.1, 0.15) is 24.2 Å². The summed E-state index contributed by atoms with van der Waals surface area (Å²) in [4.78, 5) is 24.9. The topological polar surface area (TPSA) is 49.4 Å². The lowest BCUT2D eigenvalue weighted by Crippen LogP contribution is -2.40. The normalized spacial score (nSPS) is 10.2. The maximum Gasteiger partial charge on any atom is 0.255 e. The maximum absolute atomic E-state index is 13.2. The van der Waals surface area contributed by atoms with Crippen molar-refractivity contribution in [2.24, 2.45) is 0 Å². The molecule has 0 spiro atoms. The summed E-state index contributed by atoms with van der Waals surface area (Å²) < 4.78 is 26.2. The third kappa shape index (κ3) is 3.90. The monoisotopic (exact) mass is 304 g/mol. The van der Waals surface area contributed by atoms with Gasteiger partial charge in [0.2, 0.25) is 5.91 Å². The summed E-state index contributed by atoms with van der Waals surface area (Å²) in [5.74, 6) is -3.24. The second kappa shape index (κ2) is 7.19. The molecule has 1 N–H and O–H groups in total. The van der Waals surface area contributed by atoms with Crippen molar-refractivity contribution >= 4 is 23.4 Å². The molecule has 0 unspecified atom stereocenters. The largest absolute Gasteiger partial charge is 0.355 e. The number of carbonyl (C=O) groups excluding carboxylic acids is 2. The molecule has 0 aliphatic rings. The zero-order chi connectivity index (χ0) is 15.3. The highest BCUT2D eigenvalue weighted by atomic mass is 35.5. The number of rotatable bonds is 5. The van der Waals surface area contributed by atoms with Gasteiger partial charge in [0.05, 0.1) is 17.1 Å². The molecule has 0 saturated heterocycles. The Morgan fingerprint density at radius 3 is 2.40 bits per heavy atom. The fourth-order valence-corrected chi connectivity index (χ4v) is 1.84. The van der Waals surface area contributed by atoms with E-state index in [4.69, 9.17) is 11.6 Å². The van der Waals surface area contributed by atoms with Gasteiger partial charge < -0.3 is 10.2 Å². The lowest BCUT2D eigenvalue weighted by molar-refractivity contribution is -0.121. The summed E-state index contributed by atoms with van der Waals surface area (Å²) in [6.07, 6.45) is 0. The number of carbonyl (C=O) groups is 2. The molecule has 0 fully saturated rings. The van der Waals surface area contributed by atoms with Crippen molar-refractivity contribution in [3.05, 3.63) is 34.4 Å². The molecule has 0 aromatic heterocycles. The molecular formula is C13H15ClF2N2O2. The number of amides is 2. The molecule has 7 heteroatoms. The summed E-state index contributed by atoms with van der Waals surface area (Å²) >= 11 is 5.74. The van der Waals surface area contributed by atoms with Crippen molar-refractivity contribution in [2.75, 3.05) is 19.6 Å². The Balaban J connectivity index is 2.97. The van der Waals surface area contributed by atoms with Crippen molar-refractivity contribution in [2.45, 2.75) is 13.8 Å². The SMILES string of the molecule is CCNC(=O)CN(CC)C(=O)c1cc(F)c(F)cc1Cl. The van der Waals surface area contributed by atoms with Gasteiger partial charge in [0.25, 0.3) is 5.91 Å². The molecule has 0 radical (unpaired) electrons. The predicted molar refractivity (Wildman–Crippen MR) is 71.6 cm³/mol. The minimum absolute atomic E-state index is 0.168. The van der Waals surface area contributed by atoms with Gasteiger partial charge >= 0.3 is 0 Å². The van der Waals surface area contributed by atoms with E-state index in [1.807, 2.05) is 0 Å². The lowest BCUT2D eigenvalue weighted by Gasteiger charge is -2.20. The number of hydrogen-bond donors (Lipinski definition) is 1. The van der Waals surface area contributed by atoms with E-state index in [-0.39, 0.29) is 29.6 Å². The van der Waals surface area contributed by atoms with Crippen LogP contribution in [-0.4, -0.2) is 36.3 Å². The molecular weight excluding hydrogens is 290 g/mol. The Bertz CT molecular complexity index is 523. The van der Waals surface area contributed by atoms with Gasteiger partial charge in [-0.25, -0.2) is 8.78 Å². The van der Waals surface area contributed by atoms with Crippen LogP contribution in [0.15, 0.2) is 12.1 Å². The third-order valence-electron chi connectivity index (χ3n) is 2.62. The summed E-state index contributed by atoms with van der Waals surface area (Å²) in [7, 11) is 0. The first-order valence-electron chi connectivity index (χ1n) is 6.11. The van der Waals surface area contributed by atoms with Crippen LogP contribution >= 0.6 is 11.6 Å². The Kier molecular flexibility index (Phi) is 5.88. The molecule has 0 aliphatic heterocycles. The van der Waals surface area contributed by atoms with Crippen molar-refractivity contribution in [1.29, 1.82) is 0 Å². The van der Waals surface area contributed by atoms with Gasteiger partial charge in [-0.15, -0.1) is 0 Å². The third-order valence-corrected chi connectivity index (χ3v) is 2.93. The molecule has 0 atom stereocenters. The Labute approximate surface area is 120 Å². The van der Waals surface area contributed by atoms with Crippen LogP contribution in [0.4, 0.5) is 8.78 Å². The highest BCUT2D eigenvalue weighted by molar-refractivity contribution is 6.33. The zero-order valence-electron chi connectivity index (χ0n) is 11.2. The summed E-state index contributed by atoms with van der Waals surface area (Å²) in [5, 5.41) is 2.36. The van der Waals surface area contributed by atoms with Crippen LogP contribution in [0, 0.1) is 11.6 Å². The van der Waals surface area contributed by atoms with Crippen LogP contribution in [0.5, 0.6) is 0 Å². The lowest BCUT2D eigenvalue weighted by atomic mass is 10.2. The van der Waals surface area contributed by atoms with Crippen LogP contribution in [0.2, 0.25) is 5.02 Å². The molecule has 1 aromatic carbocycles. The summed E-state index contributed by atoms with van der Waals surface area (Å²) in [6.45, 7) is 3.94. The van der Waals surface area contributed by atoms with Crippen molar-refractivity contribution in [1.82, 2.24) is 10.2 Å². The number of nitrogens with one attached hydrogen (secondary N) is 1. The quantitative estimate of drug-likeness (QED) is 0.848. The first kappa shape index (κ1) is 16.4. The predicted octanol–water partition coefficient (Wildman–Crippen LogP) is 2.22. The average Bonchev–Trinajstić information content (AvgIpc) is 2.39.